The molecule has 7 heteroatoms. The number of rotatable bonds is 7. The molecule has 0 aromatic heterocycles. The van der Waals surface area contributed by atoms with Crippen LogP contribution in [-0.2, 0) is 29.3 Å². The molecule has 0 saturated carbocycles. The zero-order chi connectivity index (χ0) is 22.0. The Morgan fingerprint density at radius 1 is 1.10 bits per heavy atom. The van der Waals surface area contributed by atoms with E-state index < -0.39 is 11.9 Å². The molecule has 2 aliphatic heterocycles. The van der Waals surface area contributed by atoms with E-state index in [9.17, 15) is 14.4 Å². The van der Waals surface area contributed by atoms with Gasteiger partial charge in [-0.15, -0.1) is 0 Å². The molecule has 1 unspecified atom stereocenters. The first-order valence-corrected chi connectivity index (χ1v) is 10.6. The summed E-state index contributed by atoms with van der Waals surface area (Å²) in [7, 11) is 0. The zero-order valence-electron chi connectivity index (χ0n) is 17.8. The molecular formula is C24H27N3O4. The van der Waals surface area contributed by atoms with E-state index in [1.54, 1.807) is 12.1 Å². The number of fused-ring (bicyclic) bond motifs is 1. The molecule has 0 radical (unpaired) electrons. The predicted molar refractivity (Wildman–Crippen MR) is 115 cm³/mol. The molecule has 2 aromatic rings. The van der Waals surface area contributed by atoms with Crippen LogP contribution in [-0.4, -0.2) is 34.7 Å². The molecule has 3 amide bonds. The van der Waals surface area contributed by atoms with Gasteiger partial charge in [-0.1, -0.05) is 44.2 Å². The number of nitrogens with one attached hydrogen (secondary N) is 2. The highest BCUT2D eigenvalue weighted by atomic mass is 16.5. The van der Waals surface area contributed by atoms with Crippen molar-refractivity contribution in [2.75, 3.05) is 0 Å². The van der Waals surface area contributed by atoms with Crippen molar-refractivity contribution in [3.63, 3.8) is 0 Å². The number of hydrogen-bond donors (Lipinski definition) is 2. The lowest BCUT2D eigenvalue weighted by Gasteiger charge is -2.29. The maximum Gasteiger partial charge on any atom is 0.255 e. The third-order valence-corrected chi connectivity index (χ3v) is 5.67. The van der Waals surface area contributed by atoms with E-state index >= 15 is 0 Å². The molecule has 1 fully saturated rings. The van der Waals surface area contributed by atoms with Crippen molar-refractivity contribution in [3.05, 3.63) is 64.7 Å². The van der Waals surface area contributed by atoms with Gasteiger partial charge in [-0.25, -0.2) is 0 Å². The smallest absolute Gasteiger partial charge is 0.255 e. The molecule has 1 saturated heterocycles. The van der Waals surface area contributed by atoms with Crippen LogP contribution in [0.1, 0.15) is 53.7 Å². The quantitative estimate of drug-likeness (QED) is 0.671. The second-order valence-electron chi connectivity index (χ2n) is 8.32. The van der Waals surface area contributed by atoms with Crippen molar-refractivity contribution in [1.29, 1.82) is 0 Å². The van der Waals surface area contributed by atoms with Gasteiger partial charge in [-0.2, -0.15) is 0 Å². The van der Waals surface area contributed by atoms with Gasteiger partial charge < -0.3 is 15.0 Å². The Morgan fingerprint density at radius 3 is 2.55 bits per heavy atom. The molecule has 7 nitrogen and oxygen atoms in total. The molecule has 0 bridgehead atoms. The molecule has 162 valence electrons. The first-order chi connectivity index (χ1) is 14.9. The average molecular weight is 421 g/mol. The van der Waals surface area contributed by atoms with Gasteiger partial charge in [-0.05, 0) is 29.7 Å². The summed E-state index contributed by atoms with van der Waals surface area (Å²) in [5.41, 5.74) is 3.59. The molecule has 0 spiro atoms. The molecule has 2 aliphatic rings. The van der Waals surface area contributed by atoms with Crippen LogP contribution in [0.5, 0.6) is 5.75 Å². The van der Waals surface area contributed by atoms with Gasteiger partial charge in [0, 0.05) is 30.1 Å². The fraction of sp³-hybridized carbons (Fsp3) is 0.375. The summed E-state index contributed by atoms with van der Waals surface area (Å²) in [4.78, 5) is 38.1. The summed E-state index contributed by atoms with van der Waals surface area (Å²) in [6.45, 7) is 5.75. The van der Waals surface area contributed by atoms with Crippen molar-refractivity contribution >= 4 is 17.7 Å². The molecule has 31 heavy (non-hydrogen) atoms. The highest BCUT2D eigenvalue weighted by Gasteiger charge is 2.40. The van der Waals surface area contributed by atoms with Gasteiger partial charge in [0.25, 0.3) is 5.91 Å². The van der Waals surface area contributed by atoms with Crippen LogP contribution in [0.4, 0.5) is 0 Å². The topological polar surface area (TPSA) is 87.7 Å². The summed E-state index contributed by atoms with van der Waals surface area (Å²) < 4.78 is 6.05. The fourth-order valence-corrected chi connectivity index (χ4v) is 3.93. The van der Waals surface area contributed by atoms with E-state index in [2.05, 4.69) is 36.6 Å². The highest BCUT2D eigenvalue weighted by molar-refractivity contribution is 6.05. The third kappa shape index (κ3) is 4.61. The van der Waals surface area contributed by atoms with E-state index in [1.165, 1.54) is 10.5 Å². The zero-order valence-corrected chi connectivity index (χ0v) is 17.8. The second kappa shape index (κ2) is 8.89. The number of hydrogen-bond acceptors (Lipinski definition) is 5. The molecule has 4 rings (SSSR count). The Morgan fingerprint density at radius 2 is 1.84 bits per heavy atom. The molecule has 2 heterocycles. The summed E-state index contributed by atoms with van der Waals surface area (Å²) in [5.74, 6) is -0.254. The Kier molecular flexibility index (Phi) is 6.04. The first-order valence-electron chi connectivity index (χ1n) is 10.6. The predicted octanol–water partition coefficient (Wildman–Crippen LogP) is 2.52. The number of carbonyl (C=O) groups is 3. The van der Waals surface area contributed by atoms with E-state index in [1.807, 2.05) is 18.2 Å². The largest absolute Gasteiger partial charge is 0.489 e. The number of amides is 3. The Labute approximate surface area is 181 Å². The number of benzene rings is 2. The standard InChI is InChI=1S/C24H27N3O4/c1-15(2)25-12-16-6-8-17(9-7-16)14-31-21-5-3-4-18-19(21)13-27(24(18)30)20-10-11-22(28)26-23(20)29/h3-9,15,20,25H,10-14H2,1-2H3,(H,26,28,29). The molecular weight excluding hydrogens is 394 g/mol. The van der Waals surface area contributed by atoms with Crippen molar-refractivity contribution in [1.82, 2.24) is 15.5 Å². The van der Waals surface area contributed by atoms with Gasteiger partial charge in [0.1, 0.15) is 18.4 Å². The lowest BCUT2D eigenvalue weighted by molar-refractivity contribution is -0.136. The van der Waals surface area contributed by atoms with Crippen LogP contribution in [0.3, 0.4) is 0 Å². The van der Waals surface area contributed by atoms with Gasteiger partial charge >= 0.3 is 0 Å². The Bertz CT molecular complexity index is 1000. The SMILES string of the molecule is CC(C)NCc1ccc(COc2cccc3c2CN(C2CCC(=O)NC2=O)C3=O)cc1. The van der Waals surface area contributed by atoms with Gasteiger partial charge in [0.05, 0.1) is 6.54 Å². The van der Waals surface area contributed by atoms with Gasteiger partial charge in [0.15, 0.2) is 0 Å². The first kappa shape index (κ1) is 21.1. The van der Waals surface area contributed by atoms with Crippen LogP contribution in [0.25, 0.3) is 0 Å². The molecule has 2 N–H and O–H groups in total. The average Bonchev–Trinajstić information content (AvgIpc) is 3.08. The van der Waals surface area contributed by atoms with E-state index in [0.717, 1.165) is 17.7 Å². The monoisotopic (exact) mass is 421 g/mol. The Hall–Kier alpha value is -3.19. The van der Waals surface area contributed by atoms with E-state index in [4.69, 9.17) is 4.74 Å². The van der Waals surface area contributed by atoms with Crippen LogP contribution in [0.15, 0.2) is 42.5 Å². The normalized spacial score (nSPS) is 18.4. The second-order valence-corrected chi connectivity index (χ2v) is 8.32. The lowest BCUT2D eigenvalue weighted by Crippen LogP contribution is -2.52. The lowest BCUT2D eigenvalue weighted by atomic mass is 10.0. The molecule has 2 aromatic carbocycles. The van der Waals surface area contributed by atoms with Crippen LogP contribution in [0, 0.1) is 0 Å². The van der Waals surface area contributed by atoms with Crippen LogP contribution < -0.4 is 15.4 Å². The summed E-state index contributed by atoms with van der Waals surface area (Å²) in [6.07, 6.45) is 0.584. The molecule has 0 aliphatic carbocycles. The Balaban J connectivity index is 1.43. The summed E-state index contributed by atoms with van der Waals surface area (Å²) in [6, 6.07) is 13.5. The van der Waals surface area contributed by atoms with Crippen LogP contribution in [0.2, 0.25) is 0 Å². The highest BCUT2D eigenvalue weighted by Crippen LogP contribution is 2.33. The maximum atomic E-state index is 12.9. The summed E-state index contributed by atoms with van der Waals surface area (Å²) in [5, 5.41) is 5.72. The van der Waals surface area contributed by atoms with Crippen LogP contribution >= 0.6 is 0 Å². The minimum atomic E-state index is -0.627. The fourth-order valence-electron chi connectivity index (χ4n) is 3.93. The molecule has 1 atom stereocenters. The number of nitrogens with zero attached hydrogens (tertiary/aromatic N) is 1. The van der Waals surface area contributed by atoms with Gasteiger partial charge in [-0.3, -0.25) is 19.7 Å². The van der Waals surface area contributed by atoms with Crippen molar-refractivity contribution in [2.24, 2.45) is 0 Å². The minimum absolute atomic E-state index is 0.197. The number of carbonyl (C=O) groups excluding carboxylic acids is 3. The summed E-state index contributed by atoms with van der Waals surface area (Å²) >= 11 is 0. The van der Waals surface area contributed by atoms with Crippen molar-refractivity contribution in [3.8, 4) is 5.75 Å². The van der Waals surface area contributed by atoms with Crippen molar-refractivity contribution in [2.45, 2.75) is 58.5 Å². The third-order valence-electron chi connectivity index (χ3n) is 5.67. The minimum Gasteiger partial charge on any atom is -0.489 e. The number of imide groups is 1. The number of piperidine rings is 1. The van der Waals surface area contributed by atoms with Crippen molar-refractivity contribution < 1.29 is 19.1 Å². The van der Waals surface area contributed by atoms with Gasteiger partial charge in [0.2, 0.25) is 11.8 Å². The van der Waals surface area contributed by atoms with E-state index in [0.29, 0.717) is 36.9 Å². The number of ether oxygens (including phenoxy) is 1. The van der Waals surface area contributed by atoms with E-state index in [-0.39, 0.29) is 18.2 Å². The maximum absolute atomic E-state index is 12.9.